The minimum absolute atomic E-state index is 0.287. The number of nitrogens with one attached hydrogen (secondary N) is 1. The highest BCUT2D eigenvalue weighted by molar-refractivity contribution is 5.34. The van der Waals surface area contributed by atoms with Crippen molar-refractivity contribution in [3.8, 4) is 5.69 Å². The molecule has 1 heterocycles. The van der Waals surface area contributed by atoms with Gasteiger partial charge in [-0.25, -0.2) is 4.98 Å². The lowest BCUT2D eigenvalue weighted by molar-refractivity contribution is 0.123. The van der Waals surface area contributed by atoms with E-state index in [1.165, 1.54) is 5.56 Å². The second kappa shape index (κ2) is 6.50. The van der Waals surface area contributed by atoms with Crippen LogP contribution >= 0.6 is 0 Å². The van der Waals surface area contributed by atoms with Gasteiger partial charge in [-0.15, -0.1) is 0 Å². The van der Waals surface area contributed by atoms with Gasteiger partial charge in [0.25, 0.3) is 0 Å². The molecule has 0 saturated carbocycles. The van der Waals surface area contributed by atoms with Crippen LogP contribution in [-0.2, 0) is 6.54 Å². The van der Waals surface area contributed by atoms with Crippen molar-refractivity contribution in [3.05, 3.63) is 48.5 Å². The minimum Gasteiger partial charge on any atom is -0.392 e. The van der Waals surface area contributed by atoms with Gasteiger partial charge in [0.1, 0.15) is 0 Å². The molecule has 0 bridgehead atoms. The summed E-state index contributed by atoms with van der Waals surface area (Å²) >= 11 is 0. The predicted octanol–water partition coefficient (Wildman–Crippen LogP) is 1.98. The summed E-state index contributed by atoms with van der Waals surface area (Å²) in [6.45, 7) is 5.44. The molecule has 1 aromatic carbocycles. The quantitative estimate of drug-likeness (QED) is 0.834. The largest absolute Gasteiger partial charge is 0.392 e. The fourth-order valence-electron chi connectivity index (χ4n) is 1.80. The van der Waals surface area contributed by atoms with Crippen LogP contribution in [-0.4, -0.2) is 27.3 Å². The third-order valence-corrected chi connectivity index (χ3v) is 3.19. The first-order valence-electron chi connectivity index (χ1n) is 6.63. The highest BCUT2D eigenvalue weighted by atomic mass is 16.3. The molecule has 0 saturated heterocycles. The first-order chi connectivity index (χ1) is 9.16. The number of hydrogen-bond acceptors (Lipinski definition) is 3. The molecule has 2 aromatic rings. The van der Waals surface area contributed by atoms with Gasteiger partial charge in [0.15, 0.2) is 0 Å². The Bertz CT molecular complexity index is 477. The van der Waals surface area contributed by atoms with Gasteiger partial charge in [-0.1, -0.05) is 26.0 Å². The summed E-state index contributed by atoms with van der Waals surface area (Å²) in [6, 6.07) is 8.31. The average Bonchev–Trinajstić information content (AvgIpc) is 2.93. The van der Waals surface area contributed by atoms with Crippen LogP contribution in [0.5, 0.6) is 0 Å². The van der Waals surface area contributed by atoms with E-state index in [-0.39, 0.29) is 12.0 Å². The second-order valence-corrected chi connectivity index (χ2v) is 5.08. The molecule has 0 radical (unpaired) electrons. The van der Waals surface area contributed by atoms with Gasteiger partial charge >= 0.3 is 0 Å². The summed E-state index contributed by atoms with van der Waals surface area (Å²) in [4.78, 5) is 4.03. The lowest BCUT2D eigenvalue weighted by Gasteiger charge is -2.15. The third kappa shape index (κ3) is 3.91. The van der Waals surface area contributed by atoms with Crippen molar-refractivity contribution < 1.29 is 5.11 Å². The van der Waals surface area contributed by atoms with Gasteiger partial charge in [-0.05, 0) is 23.6 Å². The Kier molecular flexibility index (Phi) is 4.71. The number of aliphatic hydroxyl groups excluding tert-OH is 1. The molecule has 0 spiro atoms. The van der Waals surface area contributed by atoms with Crippen LogP contribution in [0.2, 0.25) is 0 Å². The fraction of sp³-hybridized carbons (Fsp3) is 0.400. The number of aromatic nitrogens is 2. The van der Waals surface area contributed by atoms with Crippen LogP contribution in [0.15, 0.2) is 43.0 Å². The summed E-state index contributed by atoms with van der Waals surface area (Å²) in [6.07, 6.45) is 5.19. The van der Waals surface area contributed by atoms with Crippen molar-refractivity contribution in [1.29, 1.82) is 0 Å². The first-order valence-corrected chi connectivity index (χ1v) is 6.63. The van der Waals surface area contributed by atoms with Crippen LogP contribution in [0.1, 0.15) is 19.4 Å². The second-order valence-electron chi connectivity index (χ2n) is 5.08. The molecule has 0 fully saturated rings. The van der Waals surface area contributed by atoms with Crippen molar-refractivity contribution in [2.75, 3.05) is 6.54 Å². The smallest absolute Gasteiger partial charge is 0.0991 e. The Morgan fingerprint density at radius 2 is 2.00 bits per heavy atom. The topological polar surface area (TPSA) is 50.1 Å². The van der Waals surface area contributed by atoms with Gasteiger partial charge in [-0.2, -0.15) is 0 Å². The number of aliphatic hydroxyl groups is 1. The van der Waals surface area contributed by atoms with E-state index in [1.54, 1.807) is 12.5 Å². The molecule has 0 amide bonds. The molecule has 1 aromatic heterocycles. The molecule has 2 N–H and O–H groups in total. The van der Waals surface area contributed by atoms with Crippen molar-refractivity contribution in [2.24, 2.45) is 5.92 Å². The van der Waals surface area contributed by atoms with Crippen molar-refractivity contribution in [1.82, 2.24) is 14.9 Å². The lowest BCUT2D eigenvalue weighted by Crippen LogP contribution is -2.30. The van der Waals surface area contributed by atoms with Crippen LogP contribution in [0.4, 0.5) is 0 Å². The van der Waals surface area contributed by atoms with E-state index < -0.39 is 0 Å². The zero-order valence-corrected chi connectivity index (χ0v) is 11.5. The zero-order chi connectivity index (χ0) is 13.7. The van der Waals surface area contributed by atoms with E-state index in [0.717, 1.165) is 12.2 Å². The van der Waals surface area contributed by atoms with Crippen LogP contribution in [0.25, 0.3) is 5.69 Å². The summed E-state index contributed by atoms with van der Waals surface area (Å²) in [5.74, 6) is 0.288. The van der Waals surface area contributed by atoms with Crippen molar-refractivity contribution in [2.45, 2.75) is 26.5 Å². The molecule has 4 heteroatoms. The Morgan fingerprint density at radius 1 is 1.26 bits per heavy atom. The van der Waals surface area contributed by atoms with E-state index in [4.69, 9.17) is 0 Å². The van der Waals surface area contributed by atoms with Gasteiger partial charge in [0.05, 0.1) is 12.4 Å². The summed E-state index contributed by atoms with van der Waals surface area (Å²) in [5, 5.41) is 13.0. The standard InChI is InChI=1S/C15H21N3O/c1-12(2)15(19)10-17-9-13-3-5-14(6-4-13)18-8-7-16-11-18/h3-8,11-12,15,17,19H,9-10H2,1-2H3. The number of nitrogens with zero attached hydrogens (tertiary/aromatic N) is 2. The lowest BCUT2D eigenvalue weighted by atomic mass is 10.1. The first kappa shape index (κ1) is 13.8. The van der Waals surface area contributed by atoms with Crippen molar-refractivity contribution in [3.63, 3.8) is 0 Å². The summed E-state index contributed by atoms with van der Waals surface area (Å²) in [7, 11) is 0. The zero-order valence-electron chi connectivity index (χ0n) is 11.5. The maximum atomic E-state index is 9.70. The van der Waals surface area contributed by atoms with Gasteiger partial charge in [0.2, 0.25) is 0 Å². The average molecular weight is 259 g/mol. The third-order valence-electron chi connectivity index (χ3n) is 3.19. The van der Waals surface area contributed by atoms with Gasteiger partial charge in [0, 0.05) is 31.2 Å². The molecule has 0 aliphatic carbocycles. The Hall–Kier alpha value is -1.65. The maximum Gasteiger partial charge on any atom is 0.0991 e. The molecule has 0 aliphatic heterocycles. The molecular formula is C15H21N3O. The van der Waals surface area contributed by atoms with Crippen LogP contribution in [0, 0.1) is 5.92 Å². The van der Waals surface area contributed by atoms with Crippen LogP contribution in [0.3, 0.4) is 0 Å². The van der Waals surface area contributed by atoms with E-state index in [9.17, 15) is 5.11 Å². The number of benzene rings is 1. The Morgan fingerprint density at radius 3 is 2.58 bits per heavy atom. The normalized spacial score (nSPS) is 12.8. The molecule has 4 nitrogen and oxygen atoms in total. The molecule has 1 unspecified atom stereocenters. The van der Waals surface area contributed by atoms with Gasteiger partial charge in [-0.3, -0.25) is 0 Å². The molecule has 19 heavy (non-hydrogen) atoms. The highest BCUT2D eigenvalue weighted by Gasteiger charge is 2.07. The van der Waals surface area contributed by atoms with Crippen LogP contribution < -0.4 is 5.32 Å². The molecule has 2 rings (SSSR count). The fourth-order valence-corrected chi connectivity index (χ4v) is 1.80. The molecule has 102 valence electrons. The van der Waals surface area contributed by atoms with E-state index in [1.807, 2.05) is 24.6 Å². The Balaban J connectivity index is 1.86. The number of hydrogen-bond donors (Lipinski definition) is 2. The van der Waals surface area contributed by atoms with E-state index >= 15 is 0 Å². The summed E-state index contributed by atoms with van der Waals surface area (Å²) < 4.78 is 1.97. The van der Waals surface area contributed by atoms with Gasteiger partial charge < -0.3 is 15.0 Å². The number of rotatable bonds is 6. The SMILES string of the molecule is CC(C)C(O)CNCc1ccc(-n2ccnc2)cc1. The Labute approximate surface area is 114 Å². The van der Waals surface area contributed by atoms with E-state index in [0.29, 0.717) is 6.54 Å². The number of imidazole rings is 1. The summed E-state index contributed by atoms with van der Waals surface area (Å²) in [5.41, 5.74) is 2.31. The molecule has 0 aliphatic rings. The highest BCUT2D eigenvalue weighted by Crippen LogP contribution is 2.09. The maximum absolute atomic E-state index is 9.70. The minimum atomic E-state index is -0.287. The predicted molar refractivity (Wildman–Crippen MR) is 76.1 cm³/mol. The van der Waals surface area contributed by atoms with E-state index in [2.05, 4.69) is 34.6 Å². The van der Waals surface area contributed by atoms with Crippen molar-refractivity contribution >= 4 is 0 Å². The molecule has 1 atom stereocenters. The monoisotopic (exact) mass is 259 g/mol. The molecular weight excluding hydrogens is 238 g/mol.